The van der Waals surface area contributed by atoms with Crippen molar-refractivity contribution < 1.29 is 4.74 Å². The minimum absolute atomic E-state index is 0.176. The molecule has 0 N–H and O–H groups in total. The molecule has 32 heavy (non-hydrogen) atoms. The van der Waals surface area contributed by atoms with Gasteiger partial charge in [-0.15, -0.1) is 11.3 Å². The monoisotopic (exact) mass is 470 g/mol. The molecule has 0 aromatic carbocycles. The second kappa shape index (κ2) is 8.41. The van der Waals surface area contributed by atoms with E-state index in [2.05, 4.69) is 45.8 Å². The molecule has 0 aliphatic carbocycles. The van der Waals surface area contributed by atoms with Crippen LogP contribution >= 0.6 is 23.1 Å². The normalized spacial score (nSPS) is 21.0. The van der Waals surface area contributed by atoms with Crippen LogP contribution in [0.5, 0.6) is 0 Å². The number of aromatic nitrogens is 3. The maximum Gasteiger partial charge on any atom is 0.189 e. The number of anilines is 1. The van der Waals surface area contributed by atoms with E-state index in [1.807, 2.05) is 0 Å². The number of fused-ring (bicyclic) bond motifs is 5. The summed E-state index contributed by atoms with van der Waals surface area (Å²) in [5.74, 6) is 1.67. The lowest BCUT2D eigenvalue weighted by molar-refractivity contribution is -0.0402. The molecule has 1 unspecified atom stereocenters. The molecule has 5 heterocycles. The van der Waals surface area contributed by atoms with Gasteiger partial charge in [0.15, 0.2) is 11.0 Å². The van der Waals surface area contributed by atoms with Gasteiger partial charge < -0.3 is 9.64 Å². The Hall–Kier alpha value is -1.44. The minimum atomic E-state index is -0.176. The Kier molecular flexibility index (Phi) is 5.87. The number of thiophene rings is 1. The van der Waals surface area contributed by atoms with Gasteiger partial charge in [-0.2, -0.15) is 0 Å². The third-order valence-electron chi connectivity index (χ3n) is 6.80. The Labute approximate surface area is 199 Å². The van der Waals surface area contributed by atoms with Crippen LogP contribution in [0, 0.1) is 5.92 Å². The quantitative estimate of drug-likeness (QED) is 0.325. The zero-order valence-corrected chi connectivity index (χ0v) is 21.8. The number of piperidine rings is 1. The summed E-state index contributed by atoms with van der Waals surface area (Å²) >= 11 is 3.42. The molecular formula is C25H34N4OS2. The van der Waals surface area contributed by atoms with Crippen molar-refractivity contribution in [3.05, 3.63) is 16.8 Å². The number of hydrogen-bond donors (Lipinski definition) is 0. The second-order valence-electron chi connectivity index (χ2n) is 10.4. The average molecular weight is 471 g/mol. The Balaban J connectivity index is 1.81. The zero-order valence-electron chi connectivity index (χ0n) is 20.1. The lowest BCUT2D eigenvalue weighted by atomic mass is 9.88. The van der Waals surface area contributed by atoms with Crippen LogP contribution in [-0.4, -0.2) is 39.4 Å². The van der Waals surface area contributed by atoms with E-state index in [0.717, 1.165) is 40.7 Å². The fourth-order valence-corrected chi connectivity index (χ4v) is 6.69. The first-order chi connectivity index (χ1) is 15.3. The van der Waals surface area contributed by atoms with Gasteiger partial charge in [-0.25, -0.2) is 15.0 Å². The molecule has 1 saturated heterocycles. The molecule has 0 saturated carbocycles. The molecule has 3 aromatic rings. The SMILES string of the molecule is CSc1nc(N2CCCCC2C)c2sc3nc(CC(C)C)c4c(c3c2n1)CC(C)(C)OC4. The fourth-order valence-electron chi connectivity index (χ4n) is 5.16. The highest BCUT2D eigenvalue weighted by atomic mass is 32.2. The van der Waals surface area contributed by atoms with Crippen molar-refractivity contribution in [1.29, 1.82) is 0 Å². The van der Waals surface area contributed by atoms with Gasteiger partial charge in [-0.1, -0.05) is 25.6 Å². The number of thioether (sulfide) groups is 1. The van der Waals surface area contributed by atoms with Gasteiger partial charge in [0.2, 0.25) is 0 Å². The first-order valence-corrected chi connectivity index (χ1v) is 13.9. The van der Waals surface area contributed by atoms with E-state index in [0.29, 0.717) is 18.6 Å². The summed E-state index contributed by atoms with van der Waals surface area (Å²) < 4.78 is 7.45. The van der Waals surface area contributed by atoms with Crippen molar-refractivity contribution in [2.45, 2.75) is 90.1 Å². The van der Waals surface area contributed by atoms with Crippen molar-refractivity contribution in [2.75, 3.05) is 17.7 Å². The summed E-state index contributed by atoms with van der Waals surface area (Å²) in [5, 5.41) is 2.10. The predicted octanol–water partition coefficient (Wildman–Crippen LogP) is 6.39. The number of ether oxygens (including phenoxy) is 1. The van der Waals surface area contributed by atoms with Crippen molar-refractivity contribution in [3.63, 3.8) is 0 Å². The predicted molar refractivity (Wildman–Crippen MR) is 136 cm³/mol. The van der Waals surface area contributed by atoms with Crippen LogP contribution in [0.25, 0.3) is 20.4 Å². The van der Waals surface area contributed by atoms with Crippen molar-refractivity contribution >= 4 is 49.3 Å². The van der Waals surface area contributed by atoms with E-state index in [-0.39, 0.29) is 5.60 Å². The first kappa shape index (κ1) is 22.4. The van der Waals surface area contributed by atoms with Gasteiger partial charge in [0, 0.05) is 35.7 Å². The van der Waals surface area contributed by atoms with E-state index in [9.17, 15) is 0 Å². The third-order valence-corrected chi connectivity index (χ3v) is 8.41. The largest absolute Gasteiger partial charge is 0.370 e. The molecule has 0 spiro atoms. The van der Waals surface area contributed by atoms with Crippen LogP contribution in [0.3, 0.4) is 0 Å². The van der Waals surface area contributed by atoms with E-state index >= 15 is 0 Å². The molecule has 3 aromatic heterocycles. The fraction of sp³-hybridized carbons (Fsp3) is 0.640. The van der Waals surface area contributed by atoms with Gasteiger partial charge in [-0.05, 0) is 64.2 Å². The lowest BCUT2D eigenvalue weighted by Crippen LogP contribution is -2.38. The van der Waals surface area contributed by atoms with Crippen LogP contribution < -0.4 is 4.90 Å². The van der Waals surface area contributed by atoms with Gasteiger partial charge >= 0.3 is 0 Å². The van der Waals surface area contributed by atoms with Crippen LogP contribution in [0.2, 0.25) is 0 Å². The molecule has 5 nitrogen and oxygen atoms in total. The van der Waals surface area contributed by atoms with Crippen LogP contribution in [-0.2, 0) is 24.2 Å². The van der Waals surface area contributed by atoms with E-state index < -0.39 is 0 Å². The molecule has 1 atom stereocenters. The molecule has 7 heteroatoms. The lowest BCUT2D eigenvalue weighted by Gasteiger charge is -2.34. The summed E-state index contributed by atoms with van der Waals surface area (Å²) in [5.41, 5.74) is 4.81. The molecule has 2 aliphatic heterocycles. The standard InChI is InChI=1S/C25H34N4OS2/c1-14(2)11-18-17-13-30-25(4,5)12-16(17)19-20-21(32-23(19)26-18)22(28-24(27-20)31-6)29-10-8-7-9-15(29)3/h14-15H,7-13H2,1-6H3. The van der Waals surface area contributed by atoms with E-state index in [1.165, 1.54) is 46.2 Å². The highest BCUT2D eigenvalue weighted by molar-refractivity contribution is 7.98. The summed E-state index contributed by atoms with van der Waals surface area (Å²) in [6, 6.07) is 0.507. The molecule has 5 rings (SSSR count). The van der Waals surface area contributed by atoms with E-state index in [1.54, 1.807) is 23.1 Å². The molecular weight excluding hydrogens is 436 g/mol. The van der Waals surface area contributed by atoms with Gasteiger partial charge in [0.1, 0.15) is 4.83 Å². The Bertz CT molecular complexity index is 1170. The topological polar surface area (TPSA) is 51.1 Å². The number of hydrogen-bond acceptors (Lipinski definition) is 7. The third kappa shape index (κ3) is 3.90. The van der Waals surface area contributed by atoms with E-state index in [4.69, 9.17) is 19.7 Å². The van der Waals surface area contributed by atoms with Crippen molar-refractivity contribution in [1.82, 2.24) is 15.0 Å². The van der Waals surface area contributed by atoms with Crippen LogP contribution in [0.15, 0.2) is 5.16 Å². The number of nitrogens with zero attached hydrogens (tertiary/aromatic N) is 4. The highest BCUT2D eigenvalue weighted by Gasteiger charge is 2.33. The molecule has 2 aliphatic rings. The molecule has 0 bridgehead atoms. The summed E-state index contributed by atoms with van der Waals surface area (Å²) in [4.78, 5) is 18.9. The maximum absolute atomic E-state index is 6.25. The highest BCUT2D eigenvalue weighted by Crippen LogP contribution is 2.44. The minimum Gasteiger partial charge on any atom is -0.370 e. The maximum atomic E-state index is 6.25. The smallest absolute Gasteiger partial charge is 0.189 e. The second-order valence-corrected chi connectivity index (χ2v) is 12.1. The molecule has 1 fully saturated rings. The van der Waals surface area contributed by atoms with Gasteiger partial charge in [0.25, 0.3) is 0 Å². The van der Waals surface area contributed by atoms with Crippen molar-refractivity contribution in [3.8, 4) is 0 Å². The van der Waals surface area contributed by atoms with Crippen LogP contribution in [0.4, 0.5) is 5.82 Å². The van der Waals surface area contributed by atoms with Gasteiger partial charge in [-0.3, -0.25) is 0 Å². The average Bonchev–Trinajstić information content (AvgIpc) is 3.10. The van der Waals surface area contributed by atoms with Crippen LogP contribution in [0.1, 0.15) is 70.7 Å². The first-order valence-electron chi connectivity index (χ1n) is 11.9. The number of rotatable bonds is 4. The molecule has 172 valence electrons. The zero-order chi connectivity index (χ0) is 22.6. The summed E-state index contributed by atoms with van der Waals surface area (Å²) in [7, 11) is 0. The Morgan fingerprint density at radius 3 is 2.72 bits per heavy atom. The molecule has 0 amide bonds. The summed E-state index contributed by atoms with van der Waals surface area (Å²) in [6.07, 6.45) is 7.71. The Morgan fingerprint density at radius 1 is 1.19 bits per heavy atom. The Morgan fingerprint density at radius 2 is 2.00 bits per heavy atom. The molecule has 0 radical (unpaired) electrons. The summed E-state index contributed by atoms with van der Waals surface area (Å²) in [6.45, 7) is 13.0. The number of pyridine rings is 1. The van der Waals surface area contributed by atoms with Gasteiger partial charge in [0.05, 0.1) is 22.4 Å². The van der Waals surface area contributed by atoms with Crippen molar-refractivity contribution in [2.24, 2.45) is 5.92 Å².